The van der Waals surface area contributed by atoms with E-state index < -0.39 is 0 Å². The van der Waals surface area contributed by atoms with Crippen LogP contribution in [0.4, 0.5) is 0 Å². The Bertz CT molecular complexity index is 1100. The first-order valence-corrected chi connectivity index (χ1v) is 12.5. The molecule has 1 fully saturated rings. The lowest BCUT2D eigenvalue weighted by Gasteiger charge is -2.10. The molecule has 1 N–H and O–H groups in total. The number of hydrogen-bond acceptors (Lipinski definition) is 6. The number of pyridine rings is 1. The van der Waals surface area contributed by atoms with Gasteiger partial charge in [0.2, 0.25) is 0 Å². The first kappa shape index (κ1) is 22.5. The topological polar surface area (TPSA) is 68.5 Å². The maximum Gasteiger partial charge on any atom is 0.277 e. The molecule has 2 aromatic heterocycles. The second-order valence-electron chi connectivity index (χ2n) is 7.58. The standard InChI is InChI=1S/C24H26N4O2S2/c1-16-4-9-22(25-13-16)28-17(2)12-20(18(28)3)14-26-27-23(29)15-30-21-7-5-19(6-8-21)24-31-10-11-32-24/h4-9,12-14,24H,10-11,15H2,1-3H3,(H,27,29)/b26-14-. The zero-order chi connectivity index (χ0) is 22.5. The molecule has 4 rings (SSSR count). The van der Waals surface area contributed by atoms with Crippen molar-refractivity contribution in [3.8, 4) is 11.6 Å². The van der Waals surface area contributed by atoms with E-state index in [1.54, 1.807) is 6.21 Å². The van der Waals surface area contributed by atoms with Crippen molar-refractivity contribution in [3.63, 3.8) is 0 Å². The minimum atomic E-state index is -0.304. The molecule has 166 valence electrons. The Morgan fingerprint density at radius 3 is 2.62 bits per heavy atom. The molecule has 1 aliphatic rings. The fourth-order valence-electron chi connectivity index (χ4n) is 3.49. The molecule has 3 aromatic rings. The number of ether oxygens (including phenoxy) is 1. The van der Waals surface area contributed by atoms with Crippen LogP contribution >= 0.6 is 23.5 Å². The van der Waals surface area contributed by atoms with E-state index in [1.165, 1.54) is 17.1 Å². The number of aromatic nitrogens is 2. The molecular formula is C24H26N4O2S2. The Hall–Kier alpha value is -2.71. The second-order valence-corrected chi connectivity index (χ2v) is 10.3. The Morgan fingerprint density at radius 2 is 1.94 bits per heavy atom. The van der Waals surface area contributed by atoms with E-state index in [2.05, 4.69) is 32.2 Å². The SMILES string of the molecule is Cc1ccc(-n2c(C)cc(/C=N\NC(=O)COc3ccc(C4SCCS4)cc3)c2C)nc1. The van der Waals surface area contributed by atoms with Gasteiger partial charge in [0, 0.05) is 34.7 Å². The van der Waals surface area contributed by atoms with Gasteiger partial charge in [0.25, 0.3) is 5.91 Å². The van der Waals surface area contributed by atoms with E-state index in [0.717, 1.165) is 28.3 Å². The van der Waals surface area contributed by atoms with E-state index in [9.17, 15) is 4.79 Å². The van der Waals surface area contributed by atoms with Gasteiger partial charge in [0.05, 0.1) is 10.8 Å². The van der Waals surface area contributed by atoms with E-state index in [4.69, 9.17) is 4.74 Å². The highest BCUT2D eigenvalue weighted by atomic mass is 32.2. The molecule has 0 bridgehead atoms. The summed E-state index contributed by atoms with van der Waals surface area (Å²) in [5, 5.41) is 4.10. The number of thioether (sulfide) groups is 2. The number of carbonyl (C=O) groups is 1. The summed E-state index contributed by atoms with van der Waals surface area (Å²) in [6, 6.07) is 14.0. The molecule has 3 heterocycles. The lowest BCUT2D eigenvalue weighted by Crippen LogP contribution is -2.24. The van der Waals surface area contributed by atoms with Gasteiger partial charge in [-0.25, -0.2) is 10.4 Å². The van der Waals surface area contributed by atoms with Crippen LogP contribution in [-0.4, -0.2) is 39.8 Å². The highest BCUT2D eigenvalue weighted by Crippen LogP contribution is 2.45. The number of aryl methyl sites for hydroxylation is 2. The molecule has 1 amide bonds. The first-order chi connectivity index (χ1) is 15.5. The van der Waals surface area contributed by atoms with Crippen molar-refractivity contribution in [3.05, 3.63) is 76.7 Å². The second kappa shape index (κ2) is 10.3. The summed E-state index contributed by atoms with van der Waals surface area (Å²) in [5.41, 5.74) is 7.92. The molecule has 6 nitrogen and oxygen atoms in total. The van der Waals surface area contributed by atoms with Crippen molar-refractivity contribution in [2.75, 3.05) is 18.1 Å². The minimum Gasteiger partial charge on any atom is -0.484 e. The van der Waals surface area contributed by atoms with Crippen LogP contribution in [0.1, 0.15) is 32.7 Å². The number of hydrazone groups is 1. The van der Waals surface area contributed by atoms with Gasteiger partial charge in [-0.15, -0.1) is 23.5 Å². The number of amides is 1. The highest BCUT2D eigenvalue weighted by Gasteiger charge is 2.18. The van der Waals surface area contributed by atoms with Crippen LogP contribution in [0.15, 0.2) is 53.8 Å². The molecule has 0 atom stereocenters. The summed E-state index contributed by atoms with van der Waals surface area (Å²) in [4.78, 5) is 16.6. The van der Waals surface area contributed by atoms with Crippen molar-refractivity contribution in [1.29, 1.82) is 0 Å². The van der Waals surface area contributed by atoms with E-state index in [-0.39, 0.29) is 12.5 Å². The summed E-state index contributed by atoms with van der Waals surface area (Å²) in [6.45, 7) is 5.96. The zero-order valence-electron chi connectivity index (χ0n) is 18.4. The van der Waals surface area contributed by atoms with Crippen LogP contribution in [0, 0.1) is 20.8 Å². The fraction of sp³-hybridized carbons (Fsp3) is 0.292. The number of hydrogen-bond donors (Lipinski definition) is 1. The number of rotatable bonds is 7. The van der Waals surface area contributed by atoms with Crippen LogP contribution in [0.3, 0.4) is 0 Å². The van der Waals surface area contributed by atoms with Gasteiger partial charge in [0.1, 0.15) is 11.6 Å². The minimum absolute atomic E-state index is 0.0874. The summed E-state index contributed by atoms with van der Waals surface area (Å²) in [6.07, 6.45) is 3.50. The molecule has 1 aliphatic heterocycles. The summed E-state index contributed by atoms with van der Waals surface area (Å²) >= 11 is 3.93. The molecule has 0 radical (unpaired) electrons. The zero-order valence-corrected chi connectivity index (χ0v) is 20.0. The molecule has 0 spiro atoms. The van der Waals surface area contributed by atoms with Crippen LogP contribution in [0.2, 0.25) is 0 Å². The lowest BCUT2D eigenvalue weighted by molar-refractivity contribution is -0.123. The Balaban J connectivity index is 1.31. The number of benzene rings is 1. The maximum absolute atomic E-state index is 12.1. The molecule has 1 saturated heterocycles. The average Bonchev–Trinajstić information content (AvgIpc) is 3.42. The molecule has 32 heavy (non-hydrogen) atoms. The molecule has 0 saturated carbocycles. The number of carbonyl (C=O) groups excluding carboxylic acids is 1. The van der Waals surface area contributed by atoms with Crippen LogP contribution in [-0.2, 0) is 4.79 Å². The van der Waals surface area contributed by atoms with Gasteiger partial charge in [-0.1, -0.05) is 18.2 Å². The molecular weight excluding hydrogens is 440 g/mol. The fourth-order valence-corrected chi connectivity index (χ4v) is 6.35. The van der Waals surface area contributed by atoms with Crippen LogP contribution in [0.5, 0.6) is 5.75 Å². The monoisotopic (exact) mass is 466 g/mol. The van der Waals surface area contributed by atoms with Crippen LogP contribution in [0.25, 0.3) is 5.82 Å². The van der Waals surface area contributed by atoms with Crippen molar-refractivity contribution in [2.24, 2.45) is 5.10 Å². The largest absolute Gasteiger partial charge is 0.484 e. The van der Waals surface area contributed by atoms with Crippen molar-refractivity contribution in [2.45, 2.75) is 25.4 Å². The lowest BCUT2D eigenvalue weighted by atomic mass is 10.2. The summed E-state index contributed by atoms with van der Waals surface area (Å²) < 4.78 is 8.16. The molecule has 1 aromatic carbocycles. The van der Waals surface area contributed by atoms with E-state index in [1.807, 2.05) is 80.8 Å². The van der Waals surface area contributed by atoms with Gasteiger partial charge < -0.3 is 9.30 Å². The average molecular weight is 467 g/mol. The quantitative estimate of drug-likeness (QED) is 0.400. The molecule has 8 heteroatoms. The van der Waals surface area contributed by atoms with Gasteiger partial charge in [-0.05, 0) is 56.2 Å². The van der Waals surface area contributed by atoms with Gasteiger partial charge >= 0.3 is 0 Å². The van der Waals surface area contributed by atoms with Gasteiger partial charge in [-0.2, -0.15) is 5.10 Å². The third kappa shape index (κ3) is 5.37. The highest BCUT2D eigenvalue weighted by molar-refractivity contribution is 8.19. The third-order valence-electron chi connectivity index (χ3n) is 5.13. The van der Waals surface area contributed by atoms with Crippen LogP contribution < -0.4 is 10.2 Å². The summed E-state index contributed by atoms with van der Waals surface area (Å²) in [7, 11) is 0. The Labute approximate surface area is 196 Å². The smallest absolute Gasteiger partial charge is 0.277 e. The summed E-state index contributed by atoms with van der Waals surface area (Å²) in [5.74, 6) is 3.62. The van der Waals surface area contributed by atoms with Crippen molar-refractivity contribution < 1.29 is 9.53 Å². The molecule has 0 aliphatic carbocycles. The third-order valence-corrected chi connectivity index (χ3v) is 8.24. The molecule has 0 unspecified atom stereocenters. The number of nitrogens with zero attached hydrogens (tertiary/aromatic N) is 3. The van der Waals surface area contributed by atoms with Crippen molar-refractivity contribution >= 4 is 35.6 Å². The maximum atomic E-state index is 12.1. The van der Waals surface area contributed by atoms with Gasteiger partial charge in [0.15, 0.2) is 6.61 Å². The van der Waals surface area contributed by atoms with Gasteiger partial charge in [-0.3, -0.25) is 4.79 Å². The Morgan fingerprint density at radius 1 is 1.19 bits per heavy atom. The Kier molecular flexibility index (Phi) is 7.22. The van der Waals surface area contributed by atoms with Crippen molar-refractivity contribution in [1.82, 2.24) is 15.0 Å². The van der Waals surface area contributed by atoms with E-state index in [0.29, 0.717) is 10.3 Å². The predicted octanol–water partition coefficient (Wildman–Crippen LogP) is 4.81. The number of nitrogens with one attached hydrogen (secondary N) is 1. The normalized spacial score (nSPS) is 14.2. The van der Waals surface area contributed by atoms with E-state index >= 15 is 0 Å². The predicted molar refractivity (Wildman–Crippen MR) is 133 cm³/mol. The first-order valence-electron chi connectivity index (χ1n) is 10.4.